The van der Waals surface area contributed by atoms with Crippen molar-refractivity contribution in [3.63, 3.8) is 0 Å². The van der Waals surface area contributed by atoms with E-state index < -0.39 is 0 Å². The van der Waals surface area contributed by atoms with Gasteiger partial charge in [-0.2, -0.15) is 0 Å². The zero-order valence-corrected chi connectivity index (χ0v) is 16.8. The minimum absolute atomic E-state index is 0.443. The predicted octanol–water partition coefficient (Wildman–Crippen LogP) is 6.01. The molecule has 0 amide bonds. The van der Waals surface area contributed by atoms with Crippen LogP contribution in [0, 0.1) is 6.92 Å². The Bertz CT molecular complexity index is 710. The number of benzene rings is 2. The highest BCUT2D eigenvalue weighted by molar-refractivity contribution is 8.00. The number of ether oxygens (including phenoxy) is 1. The highest BCUT2D eigenvalue weighted by Crippen LogP contribution is 2.35. The first kappa shape index (κ1) is 19.5. The van der Waals surface area contributed by atoms with Crippen LogP contribution in [0.2, 0.25) is 15.1 Å². The molecule has 0 radical (unpaired) electrons. The number of aryl methyl sites for hydroxylation is 1. The summed E-state index contributed by atoms with van der Waals surface area (Å²) in [6, 6.07) is 9.37. The van der Waals surface area contributed by atoms with E-state index in [-0.39, 0.29) is 0 Å². The van der Waals surface area contributed by atoms with E-state index in [9.17, 15) is 0 Å². The minimum atomic E-state index is 0.443. The molecule has 0 atom stereocenters. The molecule has 0 saturated heterocycles. The van der Waals surface area contributed by atoms with Crippen molar-refractivity contribution < 1.29 is 4.74 Å². The van der Waals surface area contributed by atoms with E-state index in [1.165, 1.54) is 11.9 Å². The SMILES string of the molecule is Cc1ccc(NSc2cc(Cl)c(Cl)cc2Cl)cc1OCCN(C)C. The van der Waals surface area contributed by atoms with Crippen molar-refractivity contribution in [3.05, 3.63) is 51.0 Å². The topological polar surface area (TPSA) is 24.5 Å². The van der Waals surface area contributed by atoms with Gasteiger partial charge in [-0.05, 0) is 56.7 Å². The molecule has 2 aromatic carbocycles. The largest absolute Gasteiger partial charge is 0.492 e. The molecule has 130 valence electrons. The molecule has 0 spiro atoms. The predicted molar refractivity (Wildman–Crippen MR) is 106 cm³/mol. The van der Waals surface area contributed by atoms with E-state index >= 15 is 0 Å². The fraction of sp³-hybridized carbons (Fsp3) is 0.294. The van der Waals surface area contributed by atoms with E-state index in [1.54, 1.807) is 12.1 Å². The number of rotatable bonds is 7. The summed E-state index contributed by atoms with van der Waals surface area (Å²) in [5, 5.41) is 1.47. The zero-order valence-electron chi connectivity index (χ0n) is 13.7. The summed E-state index contributed by atoms with van der Waals surface area (Å²) in [5.41, 5.74) is 2.02. The third-order valence-corrected chi connectivity index (χ3v) is 5.28. The summed E-state index contributed by atoms with van der Waals surface area (Å²) in [7, 11) is 4.04. The molecule has 24 heavy (non-hydrogen) atoms. The van der Waals surface area contributed by atoms with E-state index in [2.05, 4.69) is 9.62 Å². The van der Waals surface area contributed by atoms with Crippen LogP contribution in [-0.4, -0.2) is 32.1 Å². The monoisotopic (exact) mass is 404 g/mol. The van der Waals surface area contributed by atoms with Crippen molar-refractivity contribution in [1.82, 2.24) is 4.90 Å². The summed E-state index contributed by atoms with van der Waals surface area (Å²) in [6.45, 7) is 3.53. The first-order chi connectivity index (χ1) is 11.4. The number of hydrogen-bond donors (Lipinski definition) is 1. The van der Waals surface area contributed by atoms with E-state index in [0.29, 0.717) is 21.7 Å². The summed E-state index contributed by atoms with van der Waals surface area (Å²) in [6.07, 6.45) is 0. The van der Waals surface area contributed by atoms with Gasteiger partial charge >= 0.3 is 0 Å². The van der Waals surface area contributed by atoms with Gasteiger partial charge < -0.3 is 14.4 Å². The van der Waals surface area contributed by atoms with Crippen LogP contribution in [0.4, 0.5) is 5.69 Å². The number of halogens is 3. The Morgan fingerprint density at radius 1 is 1.04 bits per heavy atom. The van der Waals surface area contributed by atoms with Crippen LogP contribution in [0.3, 0.4) is 0 Å². The van der Waals surface area contributed by atoms with Crippen LogP contribution in [0.25, 0.3) is 0 Å². The molecule has 0 saturated carbocycles. The van der Waals surface area contributed by atoms with Gasteiger partial charge in [0.2, 0.25) is 0 Å². The maximum absolute atomic E-state index is 6.19. The first-order valence-corrected chi connectivity index (χ1v) is 9.27. The Morgan fingerprint density at radius 2 is 1.75 bits per heavy atom. The Labute approximate surface area is 162 Å². The average molecular weight is 406 g/mol. The molecule has 0 aliphatic carbocycles. The van der Waals surface area contributed by atoms with E-state index in [1.807, 2.05) is 39.2 Å². The van der Waals surface area contributed by atoms with Crippen molar-refractivity contribution in [1.29, 1.82) is 0 Å². The number of nitrogens with zero attached hydrogens (tertiary/aromatic N) is 1. The lowest BCUT2D eigenvalue weighted by atomic mass is 10.2. The molecule has 0 aromatic heterocycles. The minimum Gasteiger partial charge on any atom is -0.492 e. The second-order valence-corrected chi connectivity index (χ2v) is 7.60. The Morgan fingerprint density at radius 3 is 2.46 bits per heavy atom. The maximum Gasteiger partial charge on any atom is 0.124 e. The summed E-state index contributed by atoms with van der Waals surface area (Å²) in [5.74, 6) is 0.864. The van der Waals surface area contributed by atoms with Gasteiger partial charge in [-0.3, -0.25) is 0 Å². The van der Waals surface area contributed by atoms with Gasteiger partial charge in [-0.25, -0.2) is 0 Å². The summed E-state index contributed by atoms with van der Waals surface area (Å²) in [4.78, 5) is 2.89. The third kappa shape index (κ3) is 5.64. The van der Waals surface area contributed by atoms with Gasteiger partial charge in [-0.1, -0.05) is 40.9 Å². The number of likely N-dealkylation sites (N-methyl/N-ethyl adjacent to an activating group) is 1. The molecule has 1 N–H and O–H groups in total. The lowest BCUT2D eigenvalue weighted by molar-refractivity contribution is 0.260. The van der Waals surface area contributed by atoms with Gasteiger partial charge in [0.15, 0.2) is 0 Å². The lowest BCUT2D eigenvalue weighted by Crippen LogP contribution is -2.19. The van der Waals surface area contributed by atoms with E-state index in [4.69, 9.17) is 39.5 Å². The fourth-order valence-electron chi connectivity index (χ4n) is 1.85. The van der Waals surface area contributed by atoms with Crippen molar-refractivity contribution >= 4 is 52.4 Å². The van der Waals surface area contributed by atoms with E-state index in [0.717, 1.165) is 28.4 Å². The van der Waals surface area contributed by atoms with Gasteiger partial charge in [0.1, 0.15) is 12.4 Å². The van der Waals surface area contributed by atoms with Crippen LogP contribution in [0.1, 0.15) is 5.56 Å². The van der Waals surface area contributed by atoms with Gasteiger partial charge in [0, 0.05) is 23.2 Å². The number of nitrogens with one attached hydrogen (secondary N) is 1. The molecule has 2 aromatic rings. The van der Waals surface area contributed by atoms with Crippen molar-refractivity contribution in [2.45, 2.75) is 11.8 Å². The smallest absolute Gasteiger partial charge is 0.124 e. The van der Waals surface area contributed by atoms with Crippen LogP contribution in [0.5, 0.6) is 5.75 Å². The van der Waals surface area contributed by atoms with Crippen LogP contribution >= 0.6 is 46.8 Å². The fourth-order valence-corrected chi connectivity index (χ4v) is 3.27. The number of hydrogen-bond acceptors (Lipinski definition) is 4. The molecule has 2 rings (SSSR count). The Balaban J connectivity index is 2.04. The van der Waals surface area contributed by atoms with Crippen LogP contribution < -0.4 is 9.46 Å². The lowest BCUT2D eigenvalue weighted by Gasteiger charge is -2.14. The highest BCUT2D eigenvalue weighted by Gasteiger charge is 2.08. The quantitative estimate of drug-likeness (QED) is 0.450. The molecule has 7 heteroatoms. The Hall–Kier alpha value is -0.780. The summed E-state index contributed by atoms with van der Waals surface area (Å²) >= 11 is 19.6. The first-order valence-electron chi connectivity index (χ1n) is 7.32. The standard InChI is InChI=1S/C17H19Cl3N2OS/c1-11-4-5-12(8-16(11)23-7-6-22(2)3)21-24-17-10-14(19)13(18)9-15(17)20/h4-5,8-10,21H,6-7H2,1-3H3. The molecule has 3 nitrogen and oxygen atoms in total. The van der Waals surface area contributed by atoms with Crippen molar-refractivity contribution in [2.75, 3.05) is 32.0 Å². The molecular formula is C17H19Cl3N2OS. The van der Waals surface area contributed by atoms with Gasteiger partial charge in [0.05, 0.1) is 15.1 Å². The maximum atomic E-state index is 6.19. The molecule has 0 aliphatic heterocycles. The number of anilines is 1. The normalized spacial score (nSPS) is 11.0. The van der Waals surface area contributed by atoms with Gasteiger partial charge in [0.25, 0.3) is 0 Å². The molecular weight excluding hydrogens is 387 g/mol. The average Bonchev–Trinajstić information content (AvgIpc) is 2.52. The molecule has 0 bridgehead atoms. The summed E-state index contributed by atoms with van der Waals surface area (Å²) < 4.78 is 9.10. The molecule has 0 fully saturated rings. The van der Waals surface area contributed by atoms with Crippen LogP contribution in [0.15, 0.2) is 35.2 Å². The molecule has 0 unspecified atom stereocenters. The second kappa shape index (κ2) is 9.07. The van der Waals surface area contributed by atoms with Crippen LogP contribution in [-0.2, 0) is 0 Å². The molecule has 0 aliphatic rings. The highest BCUT2D eigenvalue weighted by atomic mass is 35.5. The zero-order chi connectivity index (χ0) is 17.7. The van der Waals surface area contributed by atoms with Crippen molar-refractivity contribution in [2.24, 2.45) is 0 Å². The second-order valence-electron chi connectivity index (χ2n) is 5.53. The third-order valence-electron chi connectivity index (χ3n) is 3.24. The molecule has 0 heterocycles. The van der Waals surface area contributed by atoms with Gasteiger partial charge in [-0.15, -0.1) is 0 Å². The van der Waals surface area contributed by atoms with Crippen molar-refractivity contribution in [3.8, 4) is 5.75 Å². The Kier molecular flexibility index (Phi) is 7.38.